The molecule has 1 amide bonds. The lowest BCUT2D eigenvalue weighted by atomic mass is 10.1. The second-order valence-electron chi connectivity index (χ2n) is 4.91. The lowest BCUT2D eigenvalue weighted by Gasteiger charge is -2.15. The predicted molar refractivity (Wildman–Crippen MR) is 79.8 cm³/mol. The van der Waals surface area contributed by atoms with Gasteiger partial charge in [-0.1, -0.05) is 60.2 Å². The van der Waals surface area contributed by atoms with Crippen LogP contribution in [0.1, 0.15) is 22.7 Å². The maximum Gasteiger partial charge on any atom is 0.330 e. The van der Waals surface area contributed by atoms with Crippen LogP contribution in [0.2, 0.25) is 0 Å². The van der Waals surface area contributed by atoms with Gasteiger partial charge in [0.25, 0.3) is 0 Å². The summed E-state index contributed by atoms with van der Waals surface area (Å²) in [6, 6.07) is 15.2. The number of amides is 1. The predicted octanol–water partition coefficient (Wildman–Crippen LogP) is 2.48. The minimum Gasteiger partial charge on any atom is -0.479 e. The number of carboxylic acid groups (broad SMARTS) is 1. The van der Waals surface area contributed by atoms with E-state index in [1.165, 1.54) is 0 Å². The summed E-state index contributed by atoms with van der Waals surface area (Å²) in [5.41, 5.74) is 2.53. The van der Waals surface area contributed by atoms with Crippen LogP contribution in [0.25, 0.3) is 0 Å². The van der Waals surface area contributed by atoms with Crippen molar-refractivity contribution in [3.63, 3.8) is 0 Å². The Morgan fingerprint density at radius 2 is 1.67 bits per heavy atom. The zero-order valence-corrected chi connectivity index (χ0v) is 11.7. The maximum absolute atomic E-state index is 12.0. The zero-order chi connectivity index (χ0) is 15.2. The summed E-state index contributed by atoms with van der Waals surface area (Å²) < 4.78 is 0. The monoisotopic (exact) mass is 283 g/mol. The van der Waals surface area contributed by atoms with Crippen LogP contribution in [0.4, 0.5) is 0 Å². The number of benzene rings is 2. The van der Waals surface area contributed by atoms with Crippen LogP contribution in [-0.2, 0) is 16.0 Å². The summed E-state index contributed by atoms with van der Waals surface area (Å²) in [7, 11) is 0. The molecule has 0 unspecified atom stereocenters. The molecule has 2 aromatic carbocycles. The van der Waals surface area contributed by atoms with Crippen molar-refractivity contribution in [2.45, 2.75) is 19.4 Å². The van der Waals surface area contributed by atoms with Crippen LogP contribution in [0.3, 0.4) is 0 Å². The molecule has 21 heavy (non-hydrogen) atoms. The van der Waals surface area contributed by atoms with E-state index in [0.717, 1.165) is 11.1 Å². The van der Waals surface area contributed by atoms with E-state index in [0.29, 0.717) is 5.56 Å². The normalized spacial score (nSPS) is 11.7. The highest BCUT2D eigenvalue weighted by Crippen LogP contribution is 2.13. The van der Waals surface area contributed by atoms with Crippen molar-refractivity contribution in [1.29, 1.82) is 0 Å². The number of nitrogens with one attached hydrogen (secondary N) is 1. The van der Waals surface area contributed by atoms with E-state index < -0.39 is 12.0 Å². The molecule has 108 valence electrons. The van der Waals surface area contributed by atoms with Gasteiger partial charge in [-0.25, -0.2) is 4.79 Å². The van der Waals surface area contributed by atoms with Crippen molar-refractivity contribution in [2.24, 2.45) is 0 Å². The number of hydrogen-bond acceptors (Lipinski definition) is 2. The Morgan fingerprint density at radius 1 is 1.05 bits per heavy atom. The van der Waals surface area contributed by atoms with Gasteiger partial charge in [0.1, 0.15) is 0 Å². The van der Waals surface area contributed by atoms with E-state index >= 15 is 0 Å². The van der Waals surface area contributed by atoms with Crippen LogP contribution in [0.5, 0.6) is 0 Å². The molecule has 0 fully saturated rings. The van der Waals surface area contributed by atoms with Crippen LogP contribution in [0, 0.1) is 6.92 Å². The average Bonchev–Trinajstić information content (AvgIpc) is 2.48. The fourth-order valence-corrected chi connectivity index (χ4v) is 2.04. The van der Waals surface area contributed by atoms with Gasteiger partial charge in [-0.05, 0) is 18.1 Å². The molecule has 2 N–H and O–H groups in total. The molecule has 0 saturated heterocycles. The molecule has 0 saturated carbocycles. The molecule has 0 spiro atoms. The van der Waals surface area contributed by atoms with Crippen molar-refractivity contribution < 1.29 is 14.7 Å². The number of carbonyl (C=O) groups is 2. The molecule has 0 aliphatic rings. The van der Waals surface area contributed by atoms with Gasteiger partial charge in [-0.2, -0.15) is 0 Å². The Bertz CT molecular complexity index is 620. The van der Waals surface area contributed by atoms with Gasteiger partial charge in [0, 0.05) is 0 Å². The van der Waals surface area contributed by atoms with E-state index in [4.69, 9.17) is 0 Å². The summed E-state index contributed by atoms with van der Waals surface area (Å²) in [5.74, 6) is -1.38. The summed E-state index contributed by atoms with van der Waals surface area (Å²) in [5, 5.41) is 11.8. The van der Waals surface area contributed by atoms with E-state index in [-0.39, 0.29) is 12.3 Å². The number of aryl methyl sites for hydroxylation is 1. The summed E-state index contributed by atoms with van der Waals surface area (Å²) in [6.07, 6.45) is 0.164. The first-order chi connectivity index (χ1) is 10.1. The molecule has 0 aliphatic heterocycles. The standard InChI is InChI=1S/C17H17NO3/c1-12-7-9-13(10-8-12)11-15(19)18-16(17(20)21)14-5-3-2-4-6-14/h2-10,16H,11H2,1H3,(H,18,19)(H,20,21)/t16-/m1/s1. The third-order valence-corrected chi connectivity index (χ3v) is 3.17. The highest BCUT2D eigenvalue weighted by atomic mass is 16.4. The van der Waals surface area contributed by atoms with E-state index in [2.05, 4.69) is 5.32 Å². The van der Waals surface area contributed by atoms with Gasteiger partial charge in [0.05, 0.1) is 6.42 Å². The van der Waals surface area contributed by atoms with E-state index in [1.54, 1.807) is 30.3 Å². The average molecular weight is 283 g/mol. The van der Waals surface area contributed by atoms with Gasteiger partial charge >= 0.3 is 5.97 Å². The molecule has 0 aromatic heterocycles. The Labute approximate surface area is 123 Å². The Hall–Kier alpha value is -2.62. The Kier molecular flexibility index (Phi) is 4.72. The van der Waals surface area contributed by atoms with Crippen LogP contribution < -0.4 is 5.32 Å². The summed E-state index contributed by atoms with van der Waals surface area (Å²) in [4.78, 5) is 23.3. The number of rotatable bonds is 5. The van der Waals surface area contributed by atoms with E-state index in [1.807, 2.05) is 31.2 Å². The molecular weight excluding hydrogens is 266 g/mol. The van der Waals surface area contributed by atoms with Gasteiger partial charge in [-0.15, -0.1) is 0 Å². The number of carbonyl (C=O) groups excluding carboxylic acids is 1. The molecule has 0 aliphatic carbocycles. The van der Waals surface area contributed by atoms with E-state index in [9.17, 15) is 14.7 Å². The molecule has 0 heterocycles. The Balaban J connectivity index is 2.05. The van der Waals surface area contributed by atoms with Gasteiger partial charge < -0.3 is 10.4 Å². The minimum atomic E-state index is -1.07. The van der Waals surface area contributed by atoms with Crippen molar-refractivity contribution in [1.82, 2.24) is 5.32 Å². The molecule has 0 radical (unpaired) electrons. The first kappa shape index (κ1) is 14.8. The molecule has 4 heteroatoms. The van der Waals surface area contributed by atoms with Crippen molar-refractivity contribution in [3.05, 3.63) is 71.3 Å². The second kappa shape index (κ2) is 6.70. The minimum absolute atomic E-state index is 0.164. The number of carboxylic acids is 1. The molecular formula is C17H17NO3. The lowest BCUT2D eigenvalue weighted by molar-refractivity contribution is -0.141. The van der Waals surface area contributed by atoms with Gasteiger partial charge in [0.2, 0.25) is 5.91 Å². The third kappa shape index (κ3) is 4.18. The van der Waals surface area contributed by atoms with Crippen LogP contribution in [0.15, 0.2) is 54.6 Å². The first-order valence-corrected chi connectivity index (χ1v) is 6.69. The van der Waals surface area contributed by atoms with Crippen molar-refractivity contribution in [3.8, 4) is 0 Å². The smallest absolute Gasteiger partial charge is 0.330 e. The fourth-order valence-electron chi connectivity index (χ4n) is 2.04. The van der Waals surface area contributed by atoms with Crippen LogP contribution in [-0.4, -0.2) is 17.0 Å². The quantitative estimate of drug-likeness (QED) is 0.886. The van der Waals surface area contributed by atoms with Gasteiger partial charge in [0.15, 0.2) is 6.04 Å². The zero-order valence-electron chi connectivity index (χ0n) is 11.7. The van der Waals surface area contributed by atoms with Crippen molar-refractivity contribution >= 4 is 11.9 Å². The topological polar surface area (TPSA) is 66.4 Å². The third-order valence-electron chi connectivity index (χ3n) is 3.17. The SMILES string of the molecule is Cc1ccc(CC(=O)N[C@@H](C(=O)O)c2ccccc2)cc1. The molecule has 1 atom stereocenters. The van der Waals surface area contributed by atoms with Crippen LogP contribution >= 0.6 is 0 Å². The van der Waals surface area contributed by atoms with Gasteiger partial charge in [-0.3, -0.25) is 4.79 Å². The highest BCUT2D eigenvalue weighted by Gasteiger charge is 2.21. The maximum atomic E-state index is 12.0. The molecule has 4 nitrogen and oxygen atoms in total. The summed E-state index contributed by atoms with van der Waals surface area (Å²) >= 11 is 0. The highest BCUT2D eigenvalue weighted by molar-refractivity contribution is 5.85. The lowest BCUT2D eigenvalue weighted by Crippen LogP contribution is -2.34. The number of hydrogen-bond donors (Lipinski definition) is 2. The second-order valence-corrected chi connectivity index (χ2v) is 4.91. The largest absolute Gasteiger partial charge is 0.479 e. The van der Waals surface area contributed by atoms with Crippen molar-refractivity contribution in [2.75, 3.05) is 0 Å². The fraction of sp³-hybridized carbons (Fsp3) is 0.176. The first-order valence-electron chi connectivity index (χ1n) is 6.69. The summed E-state index contributed by atoms with van der Waals surface area (Å²) in [6.45, 7) is 1.97. The molecule has 0 bridgehead atoms. The Morgan fingerprint density at radius 3 is 2.24 bits per heavy atom. The molecule has 2 rings (SSSR count). The number of aliphatic carboxylic acids is 1. The molecule has 2 aromatic rings.